The first-order valence-corrected chi connectivity index (χ1v) is 7.46. The molecule has 2 atom stereocenters. The number of hydrogen-bond acceptors (Lipinski definition) is 2. The summed E-state index contributed by atoms with van der Waals surface area (Å²) < 4.78 is 0. The molecule has 0 bridgehead atoms. The summed E-state index contributed by atoms with van der Waals surface area (Å²) in [7, 11) is 0. The molecule has 1 N–H and O–H groups in total. The van der Waals surface area contributed by atoms with Gasteiger partial charge < -0.3 is 5.11 Å². The standard InChI is InChI=1S/C18H24O3/c1-11-6-7-13(12(2)10-11)15(19)14-8-9-18(5,16(20)21)17(14,3)4/h6-7,10,14H,8-9H2,1-5H3,(H,20,21). The van der Waals surface area contributed by atoms with E-state index in [1.807, 2.05) is 45.9 Å². The number of benzene rings is 1. The van der Waals surface area contributed by atoms with Gasteiger partial charge in [-0.05, 0) is 44.6 Å². The monoisotopic (exact) mass is 288 g/mol. The molecule has 114 valence electrons. The number of hydrogen-bond donors (Lipinski definition) is 1. The topological polar surface area (TPSA) is 54.4 Å². The predicted molar refractivity (Wildman–Crippen MR) is 82.5 cm³/mol. The van der Waals surface area contributed by atoms with Crippen molar-refractivity contribution in [2.45, 2.75) is 47.5 Å². The molecule has 0 heterocycles. The van der Waals surface area contributed by atoms with Crippen LogP contribution < -0.4 is 0 Å². The van der Waals surface area contributed by atoms with E-state index in [2.05, 4.69) is 0 Å². The number of carbonyl (C=O) groups is 2. The summed E-state index contributed by atoms with van der Waals surface area (Å²) >= 11 is 0. The molecule has 1 aromatic rings. The van der Waals surface area contributed by atoms with Crippen molar-refractivity contribution in [3.8, 4) is 0 Å². The van der Waals surface area contributed by atoms with Crippen LogP contribution in [0.25, 0.3) is 0 Å². The first-order valence-electron chi connectivity index (χ1n) is 7.46. The summed E-state index contributed by atoms with van der Waals surface area (Å²) in [5.41, 5.74) is 1.44. The van der Waals surface area contributed by atoms with Crippen molar-refractivity contribution in [3.05, 3.63) is 34.9 Å². The SMILES string of the molecule is Cc1ccc(C(=O)C2CCC(C)(C(=O)O)C2(C)C)c(C)c1. The molecule has 1 saturated carbocycles. The van der Waals surface area contributed by atoms with Gasteiger partial charge in [-0.25, -0.2) is 0 Å². The zero-order valence-electron chi connectivity index (χ0n) is 13.5. The average Bonchev–Trinajstić information content (AvgIpc) is 2.61. The van der Waals surface area contributed by atoms with Gasteiger partial charge in [0, 0.05) is 11.5 Å². The van der Waals surface area contributed by atoms with Crippen LogP contribution in [0.15, 0.2) is 18.2 Å². The predicted octanol–water partition coefficient (Wildman–Crippen LogP) is 4.01. The lowest BCUT2D eigenvalue weighted by atomic mass is 9.64. The van der Waals surface area contributed by atoms with Gasteiger partial charge in [-0.3, -0.25) is 9.59 Å². The Hall–Kier alpha value is -1.64. The molecule has 0 aromatic heterocycles. The highest BCUT2D eigenvalue weighted by molar-refractivity contribution is 6.00. The maximum absolute atomic E-state index is 12.9. The number of rotatable bonds is 3. The molecular formula is C18H24O3. The molecule has 0 saturated heterocycles. The van der Waals surface area contributed by atoms with E-state index in [0.29, 0.717) is 12.8 Å². The molecule has 3 heteroatoms. The summed E-state index contributed by atoms with van der Waals surface area (Å²) in [6, 6.07) is 5.82. The molecule has 0 spiro atoms. The van der Waals surface area contributed by atoms with E-state index in [4.69, 9.17) is 0 Å². The quantitative estimate of drug-likeness (QED) is 0.855. The van der Waals surface area contributed by atoms with Crippen LogP contribution in [0.4, 0.5) is 0 Å². The lowest BCUT2D eigenvalue weighted by Gasteiger charge is -2.38. The number of aliphatic carboxylic acids is 1. The summed E-state index contributed by atoms with van der Waals surface area (Å²) in [4.78, 5) is 24.6. The molecule has 21 heavy (non-hydrogen) atoms. The van der Waals surface area contributed by atoms with Gasteiger partial charge in [0.2, 0.25) is 0 Å². The number of carboxylic acid groups (broad SMARTS) is 1. The minimum absolute atomic E-state index is 0.0856. The van der Waals surface area contributed by atoms with Gasteiger partial charge >= 0.3 is 5.97 Å². The highest BCUT2D eigenvalue weighted by atomic mass is 16.4. The Labute approximate surface area is 126 Å². The minimum Gasteiger partial charge on any atom is -0.481 e. The summed E-state index contributed by atoms with van der Waals surface area (Å²) in [5.74, 6) is -0.953. The van der Waals surface area contributed by atoms with Gasteiger partial charge in [0.25, 0.3) is 0 Å². The first-order chi connectivity index (χ1) is 9.61. The molecule has 1 aliphatic carbocycles. The van der Waals surface area contributed by atoms with Crippen molar-refractivity contribution >= 4 is 11.8 Å². The fourth-order valence-corrected chi connectivity index (χ4v) is 3.62. The lowest BCUT2D eigenvalue weighted by molar-refractivity contribution is -0.153. The molecule has 3 nitrogen and oxygen atoms in total. The fraction of sp³-hybridized carbons (Fsp3) is 0.556. The fourth-order valence-electron chi connectivity index (χ4n) is 3.62. The number of carbonyl (C=O) groups excluding carboxylic acids is 1. The second kappa shape index (κ2) is 4.97. The number of ketones is 1. The third-order valence-corrected chi connectivity index (χ3v) is 5.66. The van der Waals surface area contributed by atoms with E-state index in [9.17, 15) is 14.7 Å². The van der Waals surface area contributed by atoms with Crippen LogP contribution in [0.3, 0.4) is 0 Å². The van der Waals surface area contributed by atoms with E-state index in [1.54, 1.807) is 6.92 Å². The van der Waals surface area contributed by atoms with Crippen LogP contribution in [0.1, 0.15) is 55.1 Å². The second-order valence-electron chi connectivity index (χ2n) is 7.13. The third-order valence-electron chi connectivity index (χ3n) is 5.66. The van der Waals surface area contributed by atoms with Gasteiger partial charge in [-0.15, -0.1) is 0 Å². The van der Waals surface area contributed by atoms with Crippen LogP contribution in [0.2, 0.25) is 0 Å². The van der Waals surface area contributed by atoms with Crippen molar-refractivity contribution in [2.24, 2.45) is 16.7 Å². The van der Waals surface area contributed by atoms with Crippen molar-refractivity contribution in [2.75, 3.05) is 0 Å². The maximum Gasteiger partial charge on any atom is 0.309 e. The van der Waals surface area contributed by atoms with E-state index < -0.39 is 16.8 Å². The molecule has 2 rings (SSSR count). The van der Waals surface area contributed by atoms with Gasteiger partial charge in [-0.2, -0.15) is 0 Å². The van der Waals surface area contributed by atoms with Gasteiger partial charge in [0.05, 0.1) is 5.41 Å². The molecule has 1 aromatic carbocycles. The number of aryl methyl sites for hydroxylation is 2. The lowest BCUT2D eigenvalue weighted by Crippen LogP contribution is -2.42. The Balaban J connectivity index is 2.39. The molecule has 1 fully saturated rings. The number of Topliss-reactive ketones (excluding diaryl/α,β-unsaturated/α-hetero) is 1. The highest BCUT2D eigenvalue weighted by Gasteiger charge is 2.58. The third kappa shape index (κ3) is 2.29. The summed E-state index contributed by atoms with van der Waals surface area (Å²) in [6.45, 7) is 9.55. The van der Waals surface area contributed by atoms with Crippen LogP contribution in [-0.4, -0.2) is 16.9 Å². The molecule has 0 radical (unpaired) electrons. The van der Waals surface area contributed by atoms with Crippen molar-refractivity contribution in [3.63, 3.8) is 0 Å². The second-order valence-corrected chi connectivity index (χ2v) is 7.13. The zero-order chi connectivity index (χ0) is 16.0. The summed E-state index contributed by atoms with van der Waals surface area (Å²) in [6.07, 6.45) is 1.19. The Morgan fingerprint density at radius 1 is 1.19 bits per heavy atom. The van der Waals surface area contributed by atoms with Crippen LogP contribution >= 0.6 is 0 Å². The molecular weight excluding hydrogens is 264 g/mol. The Bertz CT molecular complexity index is 600. The molecule has 1 aliphatic rings. The molecule has 0 amide bonds. The largest absolute Gasteiger partial charge is 0.481 e. The van der Waals surface area contributed by atoms with Crippen molar-refractivity contribution in [1.82, 2.24) is 0 Å². The minimum atomic E-state index is -0.841. The van der Waals surface area contributed by atoms with Gasteiger partial charge in [0.1, 0.15) is 0 Å². The highest BCUT2D eigenvalue weighted by Crippen LogP contribution is 2.56. The summed E-state index contributed by atoms with van der Waals surface area (Å²) in [5, 5.41) is 9.56. The molecule has 0 aliphatic heterocycles. The zero-order valence-corrected chi connectivity index (χ0v) is 13.5. The Kier molecular flexibility index (Phi) is 3.73. The van der Waals surface area contributed by atoms with Crippen molar-refractivity contribution in [1.29, 1.82) is 0 Å². The van der Waals surface area contributed by atoms with Crippen LogP contribution in [0.5, 0.6) is 0 Å². The normalized spacial score (nSPS) is 27.6. The molecule has 2 unspecified atom stereocenters. The smallest absolute Gasteiger partial charge is 0.309 e. The van der Waals surface area contributed by atoms with E-state index in [0.717, 1.165) is 16.7 Å². The van der Waals surface area contributed by atoms with E-state index in [1.165, 1.54) is 0 Å². The maximum atomic E-state index is 12.9. The van der Waals surface area contributed by atoms with Crippen molar-refractivity contribution < 1.29 is 14.7 Å². The van der Waals surface area contributed by atoms with E-state index in [-0.39, 0.29) is 11.7 Å². The first kappa shape index (κ1) is 15.7. The van der Waals surface area contributed by atoms with E-state index >= 15 is 0 Å². The Morgan fingerprint density at radius 3 is 2.29 bits per heavy atom. The Morgan fingerprint density at radius 2 is 1.81 bits per heavy atom. The average molecular weight is 288 g/mol. The van der Waals surface area contributed by atoms with Gasteiger partial charge in [0.15, 0.2) is 5.78 Å². The van der Waals surface area contributed by atoms with Gasteiger partial charge in [-0.1, -0.05) is 37.6 Å². The van der Waals surface area contributed by atoms with Crippen LogP contribution in [0, 0.1) is 30.6 Å². The number of carboxylic acids is 1. The van der Waals surface area contributed by atoms with Crippen LogP contribution in [-0.2, 0) is 4.79 Å².